The monoisotopic (exact) mass is 476 g/mol. The highest BCUT2D eigenvalue weighted by Gasteiger charge is 2.44. The predicted octanol–water partition coefficient (Wildman–Crippen LogP) is 5.63. The van der Waals surface area contributed by atoms with E-state index in [4.69, 9.17) is 9.40 Å². The molecule has 35 heavy (non-hydrogen) atoms. The molecule has 0 fully saturated rings. The zero-order chi connectivity index (χ0) is 24.8. The SMILES string of the molecule is Cc1nnc(-c2cncc([C@@]3(CC(C)(C)C)CCCc4cc(-c5c(F)cccc5F)nnc43)n2)o1. The highest BCUT2D eigenvalue weighted by Crippen LogP contribution is 2.48. The average molecular weight is 477 g/mol. The van der Waals surface area contributed by atoms with Crippen molar-refractivity contribution < 1.29 is 13.2 Å². The fourth-order valence-electron chi connectivity index (χ4n) is 5.10. The maximum atomic E-state index is 14.5. The summed E-state index contributed by atoms with van der Waals surface area (Å²) in [6.45, 7) is 8.21. The van der Waals surface area contributed by atoms with Crippen LogP contribution in [0.25, 0.3) is 22.8 Å². The van der Waals surface area contributed by atoms with Gasteiger partial charge in [0.05, 0.1) is 34.3 Å². The summed E-state index contributed by atoms with van der Waals surface area (Å²) in [5, 5.41) is 16.9. The molecule has 3 heterocycles. The molecule has 9 heteroatoms. The van der Waals surface area contributed by atoms with Crippen molar-refractivity contribution in [3.63, 3.8) is 0 Å². The van der Waals surface area contributed by atoms with Crippen LogP contribution in [0.15, 0.2) is 41.1 Å². The van der Waals surface area contributed by atoms with E-state index < -0.39 is 17.0 Å². The van der Waals surface area contributed by atoms with Gasteiger partial charge in [-0.3, -0.25) is 4.98 Å². The molecule has 1 aliphatic rings. The van der Waals surface area contributed by atoms with Gasteiger partial charge < -0.3 is 4.42 Å². The molecular weight excluding hydrogens is 450 g/mol. The molecule has 0 N–H and O–H groups in total. The molecule has 3 aromatic heterocycles. The van der Waals surface area contributed by atoms with Gasteiger partial charge in [-0.2, -0.15) is 5.10 Å². The second kappa shape index (κ2) is 8.55. The Morgan fingerprint density at radius 3 is 2.46 bits per heavy atom. The number of hydrogen-bond acceptors (Lipinski definition) is 7. The van der Waals surface area contributed by atoms with Crippen LogP contribution in [0.4, 0.5) is 8.78 Å². The standard InChI is InChI=1S/C26H26F2N6O/c1-15-31-34-24(35-15)20-12-29-13-21(30-20)26(14-25(2,3)4)10-6-7-16-11-19(32-33-23(16)26)22-17(27)8-5-9-18(22)28/h5,8-9,11-13H,6-7,10,14H2,1-4H3/t26-/m0/s1. The summed E-state index contributed by atoms with van der Waals surface area (Å²) < 4.78 is 34.5. The maximum Gasteiger partial charge on any atom is 0.267 e. The van der Waals surface area contributed by atoms with Gasteiger partial charge in [0.1, 0.15) is 17.3 Å². The first-order valence-corrected chi connectivity index (χ1v) is 11.6. The lowest BCUT2D eigenvalue weighted by molar-refractivity contribution is 0.249. The topological polar surface area (TPSA) is 90.5 Å². The average Bonchev–Trinajstić information content (AvgIpc) is 3.24. The minimum absolute atomic E-state index is 0.0780. The lowest BCUT2D eigenvalue weighted by Gasteiger charge is -2.41. The van der Waals surface area contributed by atoms with Crippen molar-refractivity contribution in [2.45, 2.75) is 58.8 Å². The van der Waals surface area contributed by atoms with Gasteiger partial charge in [0, 0.05) is 13.1 Å². The highest BCUT2D eigenvalue weighted by molar-refractivity contribution is 5.62. The third kappa shape index (κ3) is 4.31. The molecule has 0 saturated carbocycles. The molecule has 7 nitrogen and oxygen atoms in total. The maximum absolute atomic E-state index is 14.5. The molecule has 0 saturated heterocycles. The lowest BCUT2D eigenvalue weighted by Crippen LogP contribution is -2.38. The normalized spacial score (nSPS) is 17.9. The molecule has 5 rings (SSSR count). The molecule has 180 valence electrons. The predicted molar refractivity (Wildman–Crippen MR) is 125 cm³/mol. The first-order chi connectivity index (χ1) is 16.7. The van der Waals surface area contributed by atoms with Crippen LogP contribution in [0.3, 0.4) is 0 Å². The van der Waals surface area contributed by atoms with Crippen molar-refractivity contribution in [1.82, 2.24) is 30.4 Å². The van der Waals surface area contributed by atoms with Crippen molar-refractivity contribution in [3.8, 4) is 22.8 Å². The van der Waals surface area contributed by atoms with Crippen LogP contribution < -0.4 is 0 Å². The Balaban J connectivity index is 1.67. The Hall–Kier alpha value is -3.62. The molecular formula is C26H26F2N6O. The minimum atomic E-state index is -0.663. The summed E-state index contributed by atoms with van der Waals surface area (Å²) in [6.07, 6.45) is 6.46. The number of halogens is 2. The Kier molecular flexibility index (Phi) is 5.65. The van der Waals surface area contributed by atoms with E-state index in [1.54, 1.807) is 25.4 Å². The molecule has 0 bridgehead atoms. The van der Waals surface area contributed by atoms with E-state index in [9.17, 15) is 8.78 Å². The molecule has 1 aliphatic carbocycles. The van der Waals surface area contributed by atoms with Crippen LogP contribution in [0.2, 0.25) is 0 Å². The first kappa shape index (κ1) is 23.1. The smallest absolute Gasteiger partial charge is 0.267 e. The van der Waals surface area contributed by atoms with E-state index in [1.807, 2.05) is 0 Å². The zero-order valence-corrected chi connectivity index (χ0v) is 20.1. The molecule has 0 unspecified atom stereocenters. The lowest BCUT2D eigenvalue weighted by atomic mass is 9.63. The largest absolute Gasteiger partial charge is 0.420 e. The van der Waals surface area contributed by atoms with Crippen molar-refractivity contribution in [2.24, 2.45) is 5.41 Å². The van der Waals surface area contributed by atoms with Crippen LogP contribution in [-0.2, 0) is 11.8 Å². The summed E-state index contributed by atoms with van der Waals surface area (Å²) in [4.78, 5) is 9.34. The Morgan fingerprint density at radius 1 is 1.00 bits per heavy atom. The van der Waals surface area contributed by atoms with Crippen LogP contribution in [0.5, 0.6) is 0 Å². The molecule has 0 radical (unpaired) electrons. The fourth-order valence-corrected chi connectivity index (χ4v) is 5.10. The number of aryl methyl sites for hydroxylation is 2. The third-order valence-corrected chi connectivity index (χ3v) is 6.30. The van der Waals surface area contributed by atoms with Crippen molar-refractivity contribution in [3.05, 3.63) is 71.1 Å². The zero-order valence-electron chi connectivity index (χ0n) is 20.1. The van der Waals surface area contributed by atoms with Crippen molar-refractivity contribution in [1.29, 1.82) is 0 Å². The number of aromatic nitrogens is 6. The third-order valence-electron chi connectivity index (χ3n) is 6.30. The quantitative estimate of drug-likeness (QED) is 0.377. The molecule has 0 spiro atoms. The Bertz CT molecular complexity index is 1380. The summed E-state index contributed by atoms with van der Waals surface area (Å²) >= 11 is 0. The number of fused-ring (bicyclic) bond motifs is 1. The molecule has 0 aliphatic heterocycles. The summed E-state index contributed by atoms with van der Waals surface area (Å²) in [5.74, 6) is -0.581. The Morgan fingerprint density at radius 2 is 1.77 bits per heavy atom. The summed E-state index contributed by atoms with van der Waals surface area (Å²) in [7, 11) is 0. The van der Waals surface area contributed by atoms with Gasteiger partial charge in [0.2, 0.25) is 5.89 Å². The molecule has 0 amide bonds. The van der Waals surface area contributed by atoms with E-state index in [1.165, 1.54) is 18.2 Å². The van der Waals surface area contributed by atoms with Crippen molar-refractivity contribution in [2.75, 3.05) is 0 Å². The first-order valence-electron chi connectivity index (χ1n) is 11.6. The molecule has 4 aromatic rings. The van der Waals surface area contributed by atoms with Crippen molar-refractivity contribution >= 4 is 0 Å². The second-order valence-electron chi connectivity index (χ2n) is 10.3. The van der Waals surface area contributed by atoms with Crippen LogP contribution >= 0.6 is 0 Å². The molecule has 1 aromatic carbocycles. The number of hydrogen-bond donors (Lipinski definition) is 0. The van der Waals surface area contributed by atoms with E-state index in [2.05, 4.69) is 46.1 Å². The van der Waals surface area contributed by atoms with Gasteiger partial charge in [-0.25, -0.2) is 13.8 Å². The van der Waals surface area contributed by atoms with Gasteiger partial charge in [0.15, 0.2) is 0 Å². The van der Waals surface area contributed by atoms with Crippen LogP contribution in [-0.4, -0.2) is 30.4 Å². The van der Waals surface area contributed by atoms with Gasteiger partial charge in [-0.1, -0.05) is 26.8 Å². The highest BCUT2D eigenvalue weighted by atomic mass is 19.1. The van der Waals surface area contributed by atoms with Gasteiger partial charge in [0.25, 0.3) is 5.89 Å². The summed E-state index contributed by atoms with van der Waals surface area (Å²) in [5.41, 5.74) is 2.27. The van der Waals surface area contributed by atoms with E-state index in [0.29, 0.717) is 17.5 Å². The van der Waals surface area contributed by atoms with Gasteiger partial charge >= 0.3 is 0 Å². The molecule has 1 atom stereocenters. The fraction of sp³-hybridized carbons (Fsp3) is 0.385. The van der Waals surface area contributed by atoms with Crippen LogP contribution in [0, 0.1) is 24.0 Å². The second-order valence-corrected chi connectivity index (χ2v) is 10.3. The Labute approximate surface area is 202 Å². The number of benzene rings is 1. The van der Waals surface area contributed by atoms with E-state index >= 15 is 0 Å². The number of rotatable bonds is 4. The minimum Gasteiger partial charge on any atom is -0.420 e. The van der Waals surface area contributed by atoms with Crippen LogP contribution in [0.1, 0.15) is 62.9 Å². The van der Waals surface area contributed by atoms with E-state index in [-0.39, 0.29) is 16.7 Å². The number of nitrogens with zero attached hydrogens (tertiary/aromatic N) is 6. The van der Waals surface area contributed by atoms with E-state index in [0.717, 1.165) is 42.6 Å². The van der Waals surface area contributed by atoms with Gasteiger partial charge in [-0.05, 0) is 54.9 Å². The summed E-state index contributed by atoms with van der Waals surface area (Å²) in [6, 6.07) is 5.55. The van der Waals surface area contributed by atoms with Gasteiger partial charge in [-0.15, -0.1) is 15.3 Å².